The third-order valence-corrected chi connectivity index (χ3v) is 8.63. The lowest BCUT2D eigenvalue weighted by Crippen LogP contribution is -2.55. The Morgan fingerprint density at radius 3 is 2.40 bits per heavy atom. The molecule has 0 spiro atoms. The molecule has 7 heteroatoms. The number of urea groups is 1. The van der Waals surface area contributed by atoms with E-state index in [1.54, 1.807) is 4.90 Å². The summed E-state index contributed by atoms with van der Waals surface area (Å²) < 4.78 is 5.53. The molecule has 0 bridgehead atoms. The lowest BCUT2D eigenvalue weighted by atomic mass is 9.87. The highest BCUT2D eigenvalue weighted by Gasteiger charge is 2.64. The standard InChI is InChI=1S/C28H36N2O4S/c1-4-12-23(26(31)34-17-5-2)28(33)25-24(19-35-28)30(20(3)22-15-10-7-11-16-22)27(32)29(25)18-21-13-8-6-9-14-21/h6-11,13-16,20,23-25,33H,4-5,12,17-19H2,1-3H3/t20?,23?,24-,25-,28?/m1/s1. The first-order chi connectivity index (χ1) is 16.9. The van der Waals surface area contributed by atoms with Crippen LogP contribution in [-0.4, -0.2) is 56.3 Å². The molecular formula is C28H36N2O4S. The number of aliphatic hydroxyl groups is 1. The molecular weight excluding hydrogens is 460 g/mol. The number of esters is 1. The quantitative estimate of drug-likeness (QED) is 0.360. The minimum atomic E-state index is -1.42. The van der Waals surface area contributed by atoms with E-state index in [2.05, 4.69) is 0 Å². The molecule has 2 aromatic rings. The Bertz CT molecular complexity index is 1000. The van der Waals surface area contributed by atoms with Crippen LogP contribution in [0.2, 0.25) is 0 Å². The van der Waals surface area contributed by atoms with Crippen molar-refractivity contribution >= 4 is 23.8 Å². The van der Waals surface area contributed by atoms with Gasteiger partial charge in [-0.1, -0.05) is 80.9 Å². The van der Waals surface area contributed by atoms with Gasteiger partial charge in [0.15, 0.2) is 0 Å². The van der Waals surface area contributed by atoms with Crippen LogP contribution in [0.5, 0.6) is 0 Å². The lowest BCUT2D eigenvalue weighted by molar-refractivity contribution is -0.156. The van der Waals surface area contributed by atoms with Crippen LogP contribution >= 0.6 is 11.8 Å². The normalized spacial score (nSPS) is 25.4. The number of benzene rings is 2. The van der Waals surface area contributed by atoms with Crippen LogP contribution in [0.15, 0.2) is 60.7 Å². The van der Waals surface area contributed by atoms with Gasteiger partial charge in [0, 0.05) is 12.3 Å². The number of amides is 2. The molecule has 6 nitrogen and oxygen atoms in total. The summed E-state index contributed by atoms with van der Waals surface area (Å²) in [7, 11) is 0. The molecule has 2 amide bonds. The highest BCUT2D eigenvalue weighted by molar-refractivity contribution is 8.00. The van der Waals surface area contributed by atoms with Crippen molar-refractivity contribution in [2.45, 2.75) is 69.6 Å². The largest absolute Gasteiger partial charge is 0.465 e. The van der Waals surface area contributed by atoms with Gasteiger partial charge in [-0.25, -0.2) is 4.79 Å². The zero-order valence-corrected chi connectivity index (χ0v) is 21.6. The van der Waals surface area contributed by atoms with Crippen LogP contribution in [-0.2, 0) is 16.1 Å². The van der Waals surface area contributed by atoms with Crippen molar-refractivity contribution in [3.63, 3.8) is 0 Å². The van der Waals surface area contributed by atoms with E-state index in [0.29, 0.717) is 25.3 Å². The van der Waals surface area contributed by atoms with Crippen molar-refractivity contribution < 1.29 is 19.4 Å². The molecule has 2 aliphatic heterocycles. The van der Waals surface area contributed by atoms with Crippen LogP contribution in [0, 0.1) is 5.92 Å². The maximum absolute atomic E-state index is 14.0. The Labute approximate surface area is 212 Å². The Morgan fingerprint density at radius 2 is 1.77 bits per heavy atom. The van der Waals surface area contributed by atoms with Crippen LogP contribution in [0.4, 0.5) is 4.79 Å². The molecule has 35 heavy (non-hydrogen) atoms. The second kappa shape index (κ2) is 11.0. The average molecular weight is 497 g/mol. The van der Waals surface area contributed by atoms with E-state index in [4.69, 9.17) is 4.74 Å². The molecule has 2 fully saturated rings. The highest BCUT2D eigenvalue weighted by atomic mass is 32.2. The number of ether oxygens (including phenoxy) is 1. The van der Waals surface area contributed by atoms with Gasteiger partial charge in [0.25, 0.3) is 0 Å². The van der Waals surface area contributed by atoms with E-state index >= 15 is 0 Å². The number of rotatable bonds is 10. The topological polar surface area (TPSA) is 70.1 Å². The first kappa shape index (κ1) is 25.6. The monoisotopic (exact) mass is 496 g/mol. The van der Waals surface area contributed by atoms with Crippen LogP contribution in [0.1, 0.15) is 57.2 Å². The Kier molecular flexibility index (Phi) is 8.07. The van der Waals surface area contributed by atoms with Gasteiger partial charge in [-0.05, 0) is 30.9 Å². The summed E-state index contributed by atoms with van der Waals surface area (Å²) in [6.07, 6.45) is 1.98. The summed E-state index contributed by atoms with van der Waals surface area (Å²) in [5.74, 6) is -0.500. The highest BCUT2D eigenvalue weighted by Crippen LogP contribution is 2.52. The van der Waals surface area contributed by atoms with Crippen molar-refractivity contribution in [2.75, 3.05) is 12.4 Å². The van der Waals surface area contributed by atoms with Crippen LogP contribution in [0.3, 0.4) is 0 Å². The number of hydrogen-bond acceptors (Lipinski definition) is 5. The smallest absolute Gasteiger partial charge is 0.321 e. The number of nitrogens with zero attached hydrogens (tertiary/aromatic N) is 2. The first-order valence-electron chi connectivity index (χ1n) is 12.6. The van der Waals surface area contributed by atoms with E-state index in [1.807, 2.05) is 86.3 Å². The predicted octanol–water partition coefficient (Wildman–Crippen LogP) is 5.23. The lowest BCUT2D eigenvalue weighted by Gasteiger charge is -2.38. The van der Waals surface area contributed by atoms with E-state index < -0.39 is 16.9 Å². The number of carbonyl (C=O) groups is 2. The summed E-state index contributed by atoms with van der Waals surface area (Å²) in [5, 5.41) is 12.2. The van der Waals surface area contributed by atoms with Crippen LogP contribution in [0.25, 0.3) is 0 Å². The van der Waals surface area contributed by atoms with Crippen molar-refractivity contribution in [1.29, 1.82) is 0 Å². The Balaban J connectivity index is 1.72. The number of carbonyl (C=O) groups excluding carboxylic acids is 2. The molecule has 0 aromatic heterocycles. The van der Waals surface area contributed by atoms with Gasteiger partial charge < -0.3 is 19.6 Å². The summed E-state index contributed by atoms with van der Waals surface area (Å²) in [4.78, 5) is 29.4. The van der Waals surface area contributed by atoms with Crippen molar-refractivity contribution in [1.82, 2.24) is 9.80 Å². The molecule has 0 aliphatic carbocycles. The van der Waals surface area contributed by atoms with Crippen molar-refractivity contribution in [2.24, 2.45) is 5.92 Å². The first-order valence-corrected chi connectivity index (χ1v) is 13.6. The maximum atomic E-state index is 14.0. The van der Waals surface area contributed by atoms with E-state index in [9.17, 15) is 14.7 Å². The van der Waals surface area contributed by atoms with Gasteiger partial charge in [-0.15, -0.1) is 11.8 Å². The molecule has 1 N–H and O–H groups in total. The van der Waals surface area contributed by atoms with Gasteiger partial charge in [-0.3, -0.25) is 4.79 Å². The number of fused-ring (bicyclic) bond motifs is 1. The van der Waals surface area contributed by atoms with Gasteiger partial charge in [0.05, 0.1) is 30.7 Å². The Hall–Kier alpha value is -2.51. The number of hydrogen-bond donors (Lipinski definition) is 1. The second-order valence-electron chi connectivity index (χ2n) is 9.47. The predicted molar refractivity (Wildman–Crippen MR) is 139 cm³/mol. The molecule has 4 rings (SSSR count). The summed E-state index contributed by atoms with van der Waals surface area (Å²) >= 11 is 1.40. The second-order valence-corrected chi connectivity index (χ2v) is 10.7. The molecule has 2 aliphatic rings. The molecule has 0 saturated carbocycles. The van der Waals surface area contributed by atoms with Gasteiger partial charge in [0.1, 0.15) is 4.93 Å². The SMILES string of the molecule is CCCOC(=O)C(CCC)C1(O)SC[C@@H]2[C@H]1N(Cc1ccccc1)C(=O)N2C(C)c1ccccc1. The number of thioether (sulfide) groups is 1. The molecule has 2 heterocycles. The fraction of sp³-hybridized carbons (Fsp3) is 0.500. The zero-order chi connectivity index (χ0) is 25.0. The fourth-order valence-corrected chi connectivity index (χ4v) is 7.08. The van der Waals surface area contributed by atoms with Gasteiger partial charge in [-0.2, -0.15) is 0 Å². The summed E-state index contributed by atoms with van der Waals surface area (Å²) in [6, 6.07) is 18.8. The molecule has 2 aromatic carbocycles. The average Bonchev–Trinajstić information content (AvgIpc) is 3.36. The Morgan fingerprint density at radius 1 is 1.11 bits per heavy atom. The van der Waals surface area contributed by atoms with E-state index in [1.165, 1.54) is 11.8 Å². The van der Waals surface area contributed by atoms with E-state index in [-0.39, 0.29) is 24.1 Å². The van der Waals surface area contributed by atoms with Gasteiger partial charge >= 0.3 is 12.0 Å². The third-order valence-electron chi connectivity index (χ3n) is 7.14. The summed E-state index contributed by atoms with van der Waals surface area (Å²) in [6.45, 7) is 6.71. The maximum Gasteiger partial charge on any atom is 0.321 e. The fourth-order valence-electron chi connectivity index (χ4n) is 5.43. The molecule has 3 unspecified atom stereocenters. The molecule has 2 saturated heterocycles. The van der Waals surface area contributed by atoms with E-state index in [0.717, 1.165) is 24.0 Å². The summed E-state index contributed by atoms with van der Waals surface area (Å²) in [5.41, 5.74) is 2.04. The van der Waals surface area contributed by atoms with Gasteiger partial charge in [0.2, 0.25) is 0 Å². The minimum absolute atomic E-state index is 0.101. The van der Waals surface area contributed by atoms with Crippen molar-refractivity contribution in [3.05, 3.63) is 71.8 Å². The molecule has 5 atom stereocenters. The molecule has 0 radical (unpaired) electrons. The third kappa shape index (κ3) is 4.94. The minimum Gasteiger partial charge on any atom is -0.465 e. The molecule has 188 valence electrons. The zero-order valence-electron chi connectivity index (χ0n) is 20.8. The van der Waals surface area contributed by atoms with Crippen LogP contribution < -0.4 is 0 Å². The van der Waals surface area contributed by atoms with Crippen molar-refractivity contribution in [3.8, 4) is 0 Å².